The molecule has 21 heavy (non-hydrogen) atoms. The standard InChI is InChI=1S/C13H14N6OS/c1-7(10-5-19-13(16-10)21-6-14-19)15-12(20)11-8-3-2-4-9(8)17-18-11/h5-7H,2-4H2,1H3,(H,15,20)(H,17,18)/t7-/m0/s1. The van der Waals surface area contributed by atoms with Crippen molar-refractivity contribution in [3.8, 4) is 0 Å². The highest BCUT2D eigenvalue weighted by Crippen LogP contribution is 2.23. The summed E-state index contributed by atoms with van der Waals surface area (Å²) in [4.78, 5) is 17.6. The lowest BCUT2D eigenvalue weighted by Gasteiger charge is -2.10. The van der Waals surface area contributed by atoms with Crippen LogP contribution in [0.2, 0.25) is 0 Å². The highest BCUT2D eigenvalue weighted by atomic mass is 32.1. The number of imidazole rings is 1. The van der Waals surface area contributed by atoms with Crippen LogP contribution in [0.4, 0.5) is 0 Å². The third-order valence-corrected chi connectivity index (χ3v) is 4.51. The summed E-state index contributed by atoms with van der Waals surface area (Å²) in [5.74, 6) is -0.147. The van der Waals surface area contributed by atoms with Gasteiger partial charge in [-0.2, -0.15) is 10.2 Å². The number of aromatic amines is 1. The fourth-order valence-electron chi connectivity index (χ4n) is 2.71. The minimum atomic E-state index is -0.180. The van der Waals surface area contributed by atoms with Gasteiger partial charge < -0.3 is 5.32 Å². The lowest BCUT2D eigenvalue weighted by atomic mass is 10.1. The van der Waals surface area contributed by atoms with Gasteiger partial charge in [0.15, 0.2) is 5.69 Å². The Balaban J connectivity index is 1.54. The molecule has 0 saturated carbocycles. The molecule has 0 saturated heterocycles. The first-order valence-electron chi connectivity index (χ1n) is 6.88. The second-order valence-electron chi connectivity index (χ2n) is 5.21. The van der Waals surface area contributed by atoms with Gasteiger partial charge in [0.05, 0.1) is 17.9 Å². The molecule has 0 bridgehead atoms. The average Bonchev–Trinajstić information content (AvgIpc) is 3.17. The largest absolute Gasteiger partial charge is 0.342 e. The first kappa shape index (κ1) is 12.5. The molecule has 3 heterocycles. The molecular weight excluding hydrogens is 288 g/mol. The van der Waals surface area contributed by atoms with Gasteiger partial charge in [-0.3, -0.25) is 9.89 Å². The van der Waals surface area contributed by atoms with Crippen LogP contribution in [0.5, 0.6) is 0 Å². The molecule has 7 nitrogen and oxygen atoms in total. The number of hydrogen-bond acceptors (Lipinski definition) is 5. The fourth-order valence-corrected chi connectivity index (χ4v) is 3.32. The fraction of sp³-hybridized carbons (Fsp3) is 0.385. The maximum atomic E-state index is 12.4. The quantitative estimate of drug-likeness (QED) is 0.767. The number of aromatic nitrogens is 5. The Kier molecular flexibility index (Phi) is 2.78. The van der Waals surface area contributed by atoms with Gasteiger partial charge in [0, 0.05) is 11.3 Å². The molecule has 1 aliphatic rings. The summed E-state index contributed by atoms with van der Waals surface area (Å²) in [6.45, 7) is 1.91. The number of amides is 1. The van der Waals surface area contributed by atoms with E-state index in [4.69, 9.17) is 0 Å². The van der Waals surface area contributed by atoms with Gasteiger partial charge in [-0.05, 0) is 26.2 Å². The molecule has 0 spiro atoms. The van der Waals surface area contributed by atoms with Crippen LogP contribution in [-0.2, 0) is 12.8 Å². The van der Waals surface area contributed by atoms with Crippen LogP contribution in [0.3, 0.4) is 0 Å². The summed E-state index contributed by atoms with van der Waals surface area (Å²) in [6, 6.07) is -0.180. The number of fused-ring (bicyclic) bond motifs is 2. The molecular formula is C13H14N6OS. The third kappa shape index (κ3) is 2.02. The minimum absolute atomic E-state index is 0.147. The predicted molar refractivity (Wildman–Crippen MR) is 77.4 cm³/mol. The molecule has 1 amide bonds. The second kappa shape index (κ2) is 4.66. The van der Waals surface area contributed by atoms with Gasteiger partial charge in [0.25, 0.3) is 5.91 Å². The van der Waals surface area contributed by atoms with E-state index in [-0.39, 0.29) is 11.9 Å². The summed E-state index contributed by atoms with van der Waals surface area (Å²) >= 11 is 1.47. The number of hydrogen-bond donors (Lipinski definition) is 2. The maximum Gasteiger partial charge on any atom is 0.272 e. The van der Waals surface area contributed by atoms with Crippen molar-refractivity contribution in [2.75, 3.05) is 0 Å². The van der Waals surface area contributed by atoms with Gasteiger partial charge in [0.1, 0.15) is 5.51 Å². The van der Waals surface area contributed by atoms with E-state index in [0.717, 1.165) is 41.2 Å². The van der Waals surface area contributed by atoms with E-state index < -0.39 is 0 Å². The lowest BCUT2D eigenvalue weighted by Crippen LogP contribution is -2.28. The van der Waals surface area contributed by atoms with Crippen molar-refractivity contribution in [1.29, 1.82) is 0 Å². The zero-order valence-corrected chi connectivity index (χ0v) is 12.3. The minimum Gasteiger partial charge on any atom is -0.342 e. The highest BCUT2D eigenvalue weighted by molar-refractivity contribution is 7.14. The van der Waals surface area contributed by atoms with Crippen molar-refractivity contribution >= 4 is 22.2 Å². The topological polar surface area (TPSA) is 88.0 Å². The molecule has 0 aliphatic heterocycles. The normalized spacial score (nSPS) is 15.3. The van der Waals surface area contributed by atoms with E-state index in [0.29, 0.717) is 5.69 Å². The molecule has 1 aliphatic carbocycles. The van der Waals surface area contributed by atoms with Gasteiger partial charge in [-0.1, -0.05) is 11.3 Å². The van der Waals surface area contributed by atoms with Crippen LogP contribution in [-0.4, -0.2) is 30.7 Å². The van der Waals surface area contributed by atoms with Crippen molar-refractivity contribution in [3.63, 3.8) is 0 Å². The molecule has 108 valence electrons. The summed E-state index contributed by atoms with van der Waals surface area (Å²) < 4.78 is 1.72. The number of aryl methyl sites for hydroxylation is 1. The van der Waals surface area contributed by atoms with Crippen molar-refractivity contribution in [3.05, 3.63) is 34.4 Å². The number of nitrogens with one attached hydrogen (secondary N) is 2. The predicted octanol–water partition coefficient (Wildman–Crippen LogP) is 1.49. The van der Waals surface area contributed by atoms with Crippen LogP contribution < -0.4 is 5.32 Å². The molecule has 0 fully saturated rings. The smallest absolute Gasteiger partial charge is 0.272 e. The van der Waals surface area contributed by atoms with E-state index >= 15 is 0 Å². The van der Waals surface area contributed by atoms with Crippen LogP contribution in [0.25, 0.3) is 4.96 Å². The monoisotopic (exact) mass is 302 g/mol. The van der Waals surface area contributed by atoms with Gasteiger partial charge in [-0.25, -0.2) is 9.50 Å². The first-order valence-corrected chi connectivity index (χ1v) is 7.76. The zero-order chi connectivity index (χ0) is 14.4. The zero-order valence-electron chi connectivity index (χ0n) is 11.5. The molecule has 4 rings (SSSR count). The highest BCUT2D eigenvalue weighted by Gasteiger charge is 2.24. The number of H-pyrrole nitrogens is 1. The Bertz CT molecular complexity index is 787. The molecule has 3 aromatic rings. The average molecular weight is 302 g/mol. The van der Waals surface area contributed by atoms with Gasteiger partial charge in [0.2, 0.25) is 4.96 Å². The van der Waals surface area contributed by atoms with E-state index in [1.54, 1.807) is 10.0 Å². The van der Waals surface area contributed by atoms with Crippen LogP contribution >= 0.6 is 11.3 Å². The molecule has 0 unspecified atom stereocenters. The Morgan fingerprint density at radius 3 is 3.29 bits per heavy atom. The van der Waals surface area contributed by atoms with Crippen molar-refractivity contribution in [2.45, 2.75) is 32.2 Å². The Morgan fingerprint density at radius 1 is 1.52 bits per heavy atom. The van der Waals surface area contributed by atoms with E-state index in [2.05, 4.69) is 25.6 Å². The molecule has 2 N–H and O–H groups in total. The number of nitrogens with zero attached hydrogens (tertiary/aromatic N) is 4. The summed E-state index contributed by atoms with van der Waals surface area (Å²) in [7, 11) is 0. The van der Waals surface area contributed by atoms with Gasteiger partial charge in [-0.15, -0.1) is 0 Å². The number of rotatable bonds is 3. The molecule has 3 aromatic heterocycles. The van der Waals surface area contributed by atoms with Gasteiger partial charge >= 0.3 is 0 Å². The second-order valence-corrected chi connectivity index (χ2v) is 6.02. The molecule has 1 atom stereocenters. The van der Waals surface area contributed by atoms with Crippen molar-refractivity contribution in [2.24, 2.45) is 0 Å². The Labute approximate surface area is 124 Å². The molecule has 8 heteroatoms. The first-order chi connectivity index (χ1) is 10.2. The van der Waals surface area contributed by atoms with Crippen LogP contribution in [0.1, 0.15) is 46.8 Å². The summed E-state index contributed by atoms with van der Waals surface area (Å²) in [6.07, 6.45) is 4.83. The maximum absolute atomic E-state index is 12.4. The van der Waals surface area contributed by atoms with E-state index in [1.165, 1.54) is 11.3 Å². The molecule has 0 radical (unpaired) electrons. The third-order valence-electron chi connectivity index (χ3n) is 3.82. The van der Waals surface area contributed by atoms with Crippen molar-refractivity contribution in [1.82, 2.24) is 30.1 Å². The van der Waals surface area contributed by atoms with Crippen molar-refractivity contribution < 1.29 is 4.79 Å². The number of carbonyl (C=O) groups is 1. The SMILES string of the molecule is C[C@H](NC(=O)c1n[nH]c2c1CCC2)c1cn2ncsc2n1. The summed E-state index contributed by atoms with van der Waals surface area (Å²) in [5.41, 5.74) is 5.22. The Morgan fingerprint density at radius 2 is 2.43 bits per heavy atom. The number of carbonyl (C=O) groups excluding carboxylic acids is 1. The molecule has 0 aromatic carbocycles. The Hall–Kier alpha value is -2.22. The van der Waals surface area contributed by atoms with Crippen LogP contribution in [0, 0.1) is 0 Å². The van der Waals surface area contributed by atoms with Crippen LogP contribution in [0.15, 0.2) is 11.7 Å². The lowest BCUT2D eigenvalue weighted by molar-refractivity contribution is 0.0933. The van der Waals surface area contributed by atoms with E-state index in [1.807, 2.05) is 13.1 Å². The van der Waals surface area contributed by atoms with E-state index in [9.17, 15) is 4.79 Å². The summed E-state index contributed by atoms with van der Waals surface area (Å²) in [5, 5.41) is 14.2.